The van der Waals surface area contributed by atoms with E-state index in [-0.39, 0.29) is 0 Å². The first-order chi connectivity index (χ1) is 11.5. The van der Waals surface area contributed by atoms with E-state index in [0.29, 0.717) is 0 Å². The van der Waals surface area contributed by atoms with Gasteiger partial charge in [-0.25, -0.2) is 0 Å². The maximum absolute atomic E-state index is 6.90. The Morgan fingerprint density at radius 1 is 0.750 bits per heavy atom. The van der Waals surface area contributed by atoms with Crippen LogP contribution >= 0.6 is 39.8 Å². The summed E-state index contributed by atoms with van der Waals surface area (Å²) in [6.07, 6.45) is 5.03. The summed E-state index contributed by atoms with van der Waals surface area (Å²) in [5, 5.41) is 0. The van der Waals surface area contributed by atoms with Gasteiger partial charge in [0.05, 0.1) is 14.2 Å². The molecule has 2 nitrogen and oxygen atoms in total. The van der Waals surface area contributed by atoms with E-state index in [2.05, 4.69) is 12.1 Å². The van der Waals surface area contributed by atoms with Gasteiger partial charge in [0.15, 0.2) is 0 Å². The van der Waals surface area contributed by atoms with E-state index in [9.17, 15) is 0 Å². The second kappa shape index (κ2) is 7.77. The van der Waals surface area contributed by atoms with Crippen LogP contribution in [0.2, 0.25) is 0 Å². The largest absolute Gasteiger partial charge is 0.496 e. The Morgan fingerprint density at radius 2 is 1.08 bits per heavy atom. The topological polar surface area (TPSA) is 18.5 Å². The van der Waals surface area contributed by atoms with E-state index in [1.54, 1.807) is 14.2 Å². The highest BCUT2D eigenvalue weighted by Crippen LogP contribution is 2.63. The van der Waals surface area contributed by atoms with Crippen LogP contribution in [0.1, 0.15) is 36.8 Å². The summed E-state index contributed by atoms with van der Waals surface area (Å²) >= 11 is 0. The van der Waals surface area contributed by atoms with Gasteiger partial charge in [0.1, 0.15) is 11.5 Å². The van der Waals surface area contributed by atoms with E-state index in [1.807, 2.05) is 0 Å². The van der Waals surface area contributed by atoms with E-state index in [4.69, 9.17) is 30.8 Å². The average molecular weight is 411 g/mol. The van der Waals surface area contributed by atoms with E-state index in [1.165, 1.54) is 36.8 Å². The Morgan fingerprint density at radius 3 is 1.38 bits per heavy atom. The highest BCUT2D eigenvalue weighted by atomic mass is 35.7. The van der Waals surface area contributed by atoms with Crippen molar-refractivity contribution < 1.29 is 9.47 Å². The lowest BCUT2D eigenvalue weighted by atomic mass is 10.1. The minimum absolute atomic E-state index is 0.924. The number of hydrogen-bond acceptors (Lipinski definition) is 2. The molecule has 2 aliphatic heterocycles. The fourth-order valence-corrected chi connectivity index (χ4v) is 11.2. The van der Waals surface area contributed by atoms with Gasteiger partial charge in [-0.2, -0.15) is 18.5 Å². The van der Waals surface area contributed by atoms with Crippen molar-refractivity contribution in [3.8, 4) is 11.5 Å². The molecule has 2 saturated heterocycles. The third-order valence-corrected chi connectivity index (χ3v) is 13.3. The average Bonchev–Trinajstić information content (AvgIpc) is 3.17. The molecule has 0 bridgehead atoms. The fourth-order valence-electron chi connectivity index (χ4n) is 3.74. The van der Waals surface area contributed by atoms with Gasteiger partial charge in [-0.05, 0) is 60.8 Å². The van der Waals surface area contributed by atoms with Gasteiger partial charge in [-0.15, -0.1) is 0 Å². The van der Waals surface area contributed by atoms with Gasteiger partial charge in [-0.1, -0.05) is 21.4 Å². The van der Waals surface area contributed by atoms with Crippen molar-refractivity contribution in [1.82, 2.24) is 0 Å². The van der Waals surface area contributed by atoms with Gasteiger partial charge in [0, 0.05) is 22.6 Å². The molecule has 6 heteroatoms. The van der Waals surface area contributed by atoms with Crippen molar-refractivity contribution in [1.29, 1.82) is 0 Å². The molecule has 138 valence electrons. The van der Waals surface area contributed by atoms with Crippen LogP contribution in [0.5, 0.6) is 11.5 Å². The first kappa shape index (κ1) is 18.9. The monoisotopic (exact) mass is 410 g/mol. The molecule has 0 unspecified atom stereocenters. The first-order valence-corrected chi connectivity index (χ1v) is 14.6. The molecule has 2 heterocycles. The van der Waals surface area contributed by atoms with E-state index >= 15 is 0 Å². The van der Waals surface area contributed by atoms with Gasteiger partial charge >= 0.3 is 0 Å². The molecule has 0 aromatic heterocycles. The zero-order valence-corrected chi connectivity index (χ0v) is 17.8. The summed E-state index contributed by atoms with van der Waals surface area (Å²) in [6.45, 7) is 0. The zero-order chi connectivity index (χ0) is 17.2. The summed E-state index contributed by atoms with van der Waals surface area (Å²) in [5.41, 5.74) is 2.38. The maximum atomic E-state index is 6.90. The minimum atomic E-state index is -1.05. The van der Waals surface area contributed by atoms with Crippen molar-refractivity contribution in [2.75, 3.05) is 37.2 Å². The van der Waals surface area contributed by atoms with Crippen molar-refractivity contribution >= 4 is 39.8 Å². The van der Waals surface area contributed by atoms with Crippen LogP contribution < -0.4 is 9.47 Å². The number of benzene rings is 1. The second-order valence-corrected chi connectivity index (χ2v) is 16.8. The van der Waals surface area contributed by atoms with Crippen LogP contribution in [0.25, 0.3) is 0 Å². The predicted octanol–water partition coefficient (Wildman–Crippen LogP) is 6.21. The molecule has 3 rings (SSSR count). The predicted molar refractivity (Wildman–Crippen MR) is 112 cm³/mol. The Kier molecular flexibility index (Phi) is 6.11. The molecule has 1 aromatic rings. The lowest BCUT2D eigenvalue weighted by Crippen LogP contribution is -2.05. The van der Waals surface area contributed by atoms with Gasteiger partial charge in [-0.3, -0.25) is 0 Å². The van der Waals surface area contributed by atoms with Crippen molar-refractivity contribution in [3.63, 3.8) is 0 Å². The summed E-state index contributed by atoms with van der Waals surface area (Å²) in [6, 6.07) is 4.30. The van der Waals surface area contributed by atoms with Crippen molar-refractivity contribution in [3.05, 3.63) is 23.3 Å². The molecule has 0 amide bonds. The number of ether oxygens (including phenoxy) is 2. The van der Waals surface area contributed by atoms with E-state index in [0.717, 1.165) is 46.0 Å². The summed E-state index contributed by atoms with van der Waals surface area (Å²) in [7, 11) is 15.2. The maximum Gasteiger partial charge on any atom is 0.123 e. The molecule has 0 spiro atoms. The summed E-state index contributed by atoms with van der Waals surface area (Å²) in [4.78, 5) is 0. The van der Waals surface area contributed by atoms with Crippen LogP contribution in [0.3, 0.4) is 0 Å². The van der Waals surface area contributed by atoms with Gasteiger partial charge in [0.2, 0.25) is 0 Å². The smallest absolute Gasteiger partial charge is 0.123 e. The summed E-state index contributed by atoms with van der Waals surface area (Å²) in [5.74, 6) is 8.40. The van der Waals surface area contributed by atoms with E-state index < -0.39 is 18.5 Å². The quantitative estimate of drug-likeness (QED) is 0.554. The fraction of sp³-hybridized carbons (Fsp3) is 0.667. The standard InChI is InChI=1S/C18H28Cl2O2S2/c1-21-17-11-16(14-24(20)9-5-6-10-24)18(22-2)12-15(17)13-23(19)7-3-4-8-23/h11-12H,3-10,13-14H2,1-2H3. The zero-order valence-electron chi connectivity index (χ0n) is 14.6. The van der Waals surface area contributed by atoms with Crippen LogP contribution in [-0.2, 0) is 11.5 Å². The molecule has 2 aliphatic rings. The SMILES string of the molecule is COc1cc(CS2(Cl)CCCC2)c(OC)cc1CS1(Cl)CCCC1. The third kappa shape index (κ3) is 4.25. The molecule has 0 saturated carbocycles. The van der Waals surface area contributed by atoms with Crippen molar-refractivity contribution in [2.24, 2.45) is 0 Å². The third-order valence-electron chi connectivity index (χ3n) is 5.05. The molecular formula is C18H28Cl2O2S2. The minimum Gasteiger partial charge on any atom is -0.496 e. The molecule has 0 atom stereocenters. The van der Waals surface area contributed by atoms with Gasteiger partial charge < -0.3 is 9.47 Å². The first-order valence-electron chi connectivity index (χ1n) is 8.63. The molecule has 0 aliphatic carbocycles. The number of methoxy groups -OCH3 is 2. The van der Waals surface area contributed by atoms with Gasteiger partial charge in [0.25, 0.3) is 0 Å². The Balaban J connectivity index is 1.88. The molecule has 2 fully saturated rings. The molecule has 24 heavy (non-hydrogen) atoms. The van der Waals surface area contributed by atoms with Crippen LogP contribution in [0.15, 0.2) is 12.1 Å². The van der Waals surface area contributed by atoms with Crippen LogP contribution in [0.4, 0.5) is 0 Å². The Labute approximate surface area is 158 Å². The van der Waals surface area contributed by atoms with Crippen LogP contribution in [0, 0.1) is 0 Å². The number of hydrogen-bond donors (Lipinski definition) is 0. The molecule has 0 N–H and O–H groups in total. The normalized spacial score (nSPS) is 24.5. The Bertz CT molecular complexity index is 531. The highest BCUT2D eigenvalue weighted by molar-refractivity contribution is 8.51. The van der Waals surface area contributed by atoms with Crippen molar-refractivity contribution in [2.45, 2.75) is 37.2 Å². The lowest BCUT2D eigenvalue weighted by molar-refractivity contribution is 0.397. The second-order valence-electron chi connectivity index (χ2n) is 6.87. The molecular weight excluding hydrogens is 383 g/mol. The molecule has 1 aromatic carbocycles. The Hall–Kier alpha value is 0.1000. The lowest BCUT2D eigenvalue weighted by Gasteiger charge is -2.30. The van der Waals surface area contributed by atoms with Crippen LogP contribution in [-0.4, -0.2) is 37.2 Å². The summed E-state index contributed by atoms with van der Waals surface area (Å²) < 4.78 is 11.4. The highest BCUT2D eigenvalue weighted by Gasteiger charge is 2.30. The number of rotatable bonds is 6. The number of halogens is 2. The molecule has 0 radical (unpaired) electrons.